The highest BCUT2D eigenvalue weighted by Crippen LogP contribution is 2.36. The Kier molecular flexibility index (Phi) is 6.12. The van der Waals surface area contributed by atoms with E-state index in [0.29, 0.717) is 6.54 Å². The Morgan fingerprint density at radius 1 is 1.19 bits per heavy atom. The van der Waals surface area contributed by atoms with Gasteiger partial charge in [-0.15, -0.1) is 5.10 Å². The molecule has 0 saturated carbocycles. The van der Waals surface area contributed by atoms with Gasteiger partial charge in [-0.3, -0.25) is 4.79 Å². The summed E-state index contributed by atoms with van der Waals surface area (Å²) < 4.78 is 5.98. The van der Waals surface area contributed by atoms with E-state index in [4.69, 9.17) is 10.5 Å². The largest absolute Gasteiger partial charge is 0.366 e. The number of ether oxygens (including phenoxy) is 1. The number of benzene rings is 1. The SMILES string of the molecule is CC(=O)COC1CCCCCc2c(-c3ccc(CN)cc3)nnc(C)c21. The average Bonchev–Trinajstić information content (AvgIpc) is 2.62. The molecule has 0 aliphatic heterocycles. The molecule has 2 aromatic rings. The zero-order valence-corrected chi connectivity index (χ0v) is 15.6. The number of Topliss-reactive ketones (excluding diaryl/α,β-unsaturated/α-hetero) is 1. The van der Waals surface area contributed by atoms with Crippen molar-refractivity contribution in [1.29, 1.82) is 0 Å². The number of fused-ring (bicyclic) bond motifs is 1. The number of ketones is 1. The Bertz CT molecular complexity index is 772. The number of carbonyl (C=O) groups is 1. The second-order valence-corrected chi connectivity index (χ2v) is 7.03. The van der Waals surface area contributed by atoms with E-state index < -0.39 is 0 Å². The third-order valence-electron chi connectivity index (χ3n) is 4.97. The van der Waals surface area contributed by atoms with Crippen LogP contribution in [-0.4, -0.2) is 22.6 Å². The third-order valence-corrected chi connectivity index (χ3v) is 4.97. The smallest absolute Gasteiger partial charge is 0.155 e. The Balaban J connectivity index is 2.05. The highest BCUT2D eigenvalue weighted by atomic mass is 16.5. The summed E-state index contributed by atoms with van der Waals surface area (Å²) in [7, 11) is 0. The molecule has 0 spiro atoms. The van der Waals surface area contributed by atoms with Crippen LogP contribution in [0.15, 0.2) is 24.3 Å². The molecule has 1 aromatic heterocycles. The van der Waals surface area contributed by atoms with E-state index >= 15 is 0 Å². The van der Waals surface area contributed by atoms with Gasteiger partial charge >= 0.3 is 0 Å². The average molecular weight is 353 g/mol. The topological polar surface area (TPSA) is 78.1 Å². The normalized spacial score (nSPS) is 17.3. The highest BCUT2D eigenvalue weighted by Gasteiger charge is 2.25. The van der Waals surface area contributed by atoms with Gasteiger partial charge in [-0.25, -0.2) is 0 Å². The second kappa shape index (κ2) is 8.52. The number of nitrogens with zero attached hydrogens (tertiary/aromatic N) is 2. The number of hydrogen-bond acceptors (Lipinski definition) is 5. The van der Waals surface area contributed by atoms with Crippen LogP contribution in [0.25, 0.3) is 11.3 Å². The first kappa shape index (κ1) is 18.7. The minimum Gasteiger partial charge on any atom is -0.366 e. The Hall–Kier alpha value is -2.11. The van der Waals surface area contributed by atoms with Crippen LogP contribution < -0.4 is 5.73 Å². The molecule has 5 heteroatoms. The van der Waals surface area contributed by atoms with Crippen LogP contribution in [0.3, 0.4) is 0 Å². The van der Waals surface area contributed by atoms with E-state index in [-0.39, 0.29) is 18.5 Å². The predicted octanol–water partition coefficient (Wildman–Crippen LogP) is 3.67. The summed E-state index contributed by atoms with van der Waals surface area (Å²) in [6.07, 6.45) is 5.17. The van der Waals surface area contributed by atoms with Gasteiger partial charge in [0, 0.05) is 17.7 Å². The summed E-state index contributed by atoms with van der Waals surface area (Å²) in [6.45, 7) is 4.22. The van der Waals surface area contributed by atoms with Crippen LogP contribution in [0.5, 0.6) is 0 Å². The van der Waals surface area contributed by atoms with Gasteiger partial charge in [0.1, 0.15) is 6.61 Å². The molecular weight excluding hydrogens is 326 g/mol. The zero-order chi connectivity index (χ0) is 18.5. The molecular formula is C21H27N3O2. The number of rotatable bonds is 5. The summed E-state index contributed by atoms with van der Waals surface area (Å²) in [5, 5.41) is 8.94. The Labute approximate surface area is 155 Å². The van der Waals surface area contributed by atoms with E-state index in [2.05, 4.69) is 22.3 Å². The van der Waals surface area contributed by atoms with E-state index in [0.717, 1.165) is 60.2 Å². The van der Waals surface area contributed by atoms with Crippen LogP contribution in [0.2, 0.25) is 0 Å². The molecule has 1 heterocycles. The van der Waals surface area contributed by atoms with Gasteiger partial charge in [0.05, 0.1) is 17.5 Å². The molecule has 3 rings (SSSR count). The van der Waals surface area contributed by atoms with Crippen molar-refractivity contribution >= 4 is 5.78 Å². The first-order valence-electron chi connectivity index (χ1n) is 9.36. The number of hydrogen-bond donors (Lipinski definition) is 1. The fourth-order valence-corrected chi connectivity index (χ4v) is 3.63. The van der Waals surface area contributed by atoms with Crippen molar-refractivity contribution in [3.05, 3.63) is 46.6 Å². The maximum atomic E-state index is 11.4. The first-order valence-corrected chi connectivity index (χ1v) is 9.36. The highest BCUT2D eigenvalue weighted by molar-refractivity contribution is 5.76. The van der Waals surface area contributed by atoms with Crippen molar-refractivity contribution in [2.24, 2.45) is 5.73 Å². The van der Waals surface area contributed by atoms with Gasteiger partial charge in [-0.2, -0.15) is 5.10 Å². The molecule has 1 atom stereocenters. The van der Waals surface area contributed by atoms with Gasteiger partial charge in [-0.1, -0.05) is 37.1 Å². The quantitative estimate of drug-likeness (QED) is 0.887. The molecule has 1 unspecified atom stereocenters. The van der Waals surface area contributed by atoms with Crippen molar-refractivity contribution in [2.75, 3.05) is 6.61 Å². The Morgan fingerprint density at radius 2 is 1.96 bits per heavy atom. The molecule has 1 aromatic carbocycles. The molecule has 0 saturated heterocycles. The van der Waals surface area contributed by atoms with E-state index in [1.807, 2.05) is 19.1 Å². The molecule has 1 aliphatic rings. The standard InChI is InChI=1S/C21H27N3O2/c1-14(25)13-26-19-7-5-3-4-6-18-20(19)15(2)23-24-21(18)17-10-8-16(12-22)9-11-17/h8-11,19H,3-7,12-13,22H2,1-2H3. The summed E-state index contributed by atoms with van der Waals surface area (Å²) in [5.74, 6) is 0.0471. The molecule has 26 heavy (non-hydrogen) atoms. The first-order chi connectivity index (χ1) is 12.6. The van der Waals surface area contributed by atoms with Gasteiger partial charge < -0.3 is 10.5 Å². The fourth-order valence-electron chi connectivity index (χ4n) is 3.63. The van der Waals surface area contributed by atoms with Gasteiger partial charge in [-0.05, 0) is 44.2 Å². The number of aryl methyl sites for hydroxylation is 1. The minimum atomic E-state index is -0.0910. The third kappa shape index (κ3) is 4.17. The summed E-state index contributed by atoms with van der Waals surface area (Å²) >= 11 is 0. The van der Waals surface area contributed by atoms with Gasteiger partial charge in [0.25, 0.3) is 0 Å². The van der Waals surface area contributed by atoms with E-state index in [1.165, 1.54) is 5.56 Å². The maximum Gasteiger partial charge on any atom is 0.155 e. The Morgan fingerprint density at radius 3 is 2.65 bits per heavy atom. The van der Waals surface area contributed by atoms with Crippen molar-refractivity contribution in [2.45, 2.75) is 58.6 Å². The van der Waals surface area contributed by atoms with Gasteiger partial charge in [0.15, 0.2) is 5.78 Å². The second-order valence-electron chi connectivity index (χ2n) is 7.03. The predicted molar refractivity (Wildman–Crippen MR) is 102 cm³/mol. The van der Waals surface area contributed by atoms with Crippen LogP contribution >= 0.6 is 0 Å². The zero-order valence-electron chi connectivity index (χ0n) is 15.6. The van der Waals surface area contributed by atoms with Crippen LogP contribution in [0.4, 0.5) is 0 Å². The van der Waals surface area contributed by atoms with Crippen molar-refractivity contribution < 1.29 is 9.53 Å². The molecule has 5 nitrogen and oxygen atoms in total. The fraction of sp³-hybridized carbons (Fsp3) is 0.476. The van der Waals surface area contributed by atoms with Crippen molar-refractivity contribution in [3.63, 3.8) is 0 Å². The van der Waals surface area contributed by atoms with Crippen LogP contribution in [0.1, 0.15) is 61.1 Å². The lowest BCUT2D eigenvalue weighted by Crippen LogP contribution is -2.17. The van der Waals surface area contributed by atoms with Gasteiger partial charge in [0.2, 0.25) is 0 Å². The van der Waals surface area contributed by atoms with Crippen molar-refractivity contribution in [3.8, 4) is 11.3 Å². The van der Waals surface area contributed by atoms with Crippen LogP contribution in [0, 0.1) is 6.92 Å². The lowest BCUT2D eigenvalue weighted by atomic mass is 9.88. The molecule has 2 N–H and O–H groups in total. The number of carbonyl (C=O) groups excluding carboxylic acids is 1. The van der Waals surface area contributed by atoms with E-state index in [1.54, 1.807) is 6.92 Å². The molecule has 1 aliphatic carbocycles. The lowest BCUT2D eigenvalue weighted by Gasteiger charge is -2.26. The molecule has 0 radical (unpaired) electrons. The molecule has 0 amide bonds. The summed E-state index contributed by atoms with van der Waals surface area (Å²) in [4.78, 5) is 11.4. The lowest BCUT2D eigenvalue weighted by molar-refractivity contribution is -0.123. The molecule has 138 valence electrons. The van der Waals surface area contributed by atoms with E-state index in [9.17, 15) is 4.79 Å². The monoisotopic (exact) mass is 353 g/mol. The van der Waals surface area contributed by atoms with Crippen LogP contribution in [-0.2, 0) is 22.5 Å². The summed E-state index contributed by atoms with van der Waals surface area (Å²) in [6, 6.07) is 8.20. The maximum absolute atomic E-state index is 11.4. The summed E-state index contributed by atoms with van der Waals surface area (Å²) in [5.41, 5.74) is 12.0. The van der Waals surface area contributed by atoms with Crippen molar-refractivity contribution in [1.82, 2.24) is 10.2 Å². The number of nitrogens with two attached hydrogens (primary N) is 1. The number of aromatic nitrogens is 2. The minimum absolute atomic E-state index is 0.0471. The molecule has 0 fully saturated rings. The molecule has 0 bridgehead atoms.